The number of para-hydroxylation sites is 1. The van der Waals surface area contributed by atoms with Crippen molar-refractivity contribution in [2.24, 2.45) is 0 Å². The van der Waals surface area contributed by atoms with E-state index in [0.29, 0.717) is 23.2 Å². The number of nitrogens with one attached hydrogen (secondary N) is 1. The molecule has 0 saturated heterocycles. The monoisotopic (exact) mass is 338 g/mol. The molecule has 0 saturated carbocycles. The van der Waals surface area contributed by atoms with Crippen LogP contribution in [0.15, 0.2) is 42.5 Å². The molecule has 0 spiro atoms. The van der Waals surface area contributed by atoms with Crippen LogP contribution in [-0.4, -0.2) is 36.8 Å². The molecule has 1 N–H and O–H groups in total. The molecule has 25 heavy (non-hydrogen) atoms. The molecular formula is C19H18N2O4. The highest BCUT2D eigenvalue weighted by Gasteiger charge is 2.32. The first-order chi connectivity index (χ1) is 12.0. The van der Waals surface area contributed by atoms with E-state index >= 15 is 0 Å². The zero-order valence-corrected chi connectivity index (χ0v) is 14.0. The van der Waals surface area contributed by atoms with Gasteiger partial charge in [-0.2, -0.15) is 0 Å². The fourth-order valence-electron chi connectivity index (χ4n) is 2.82. The van der Waals surface area contributed by atoms with E-state index in [2.05, 4.69) is 5.32 Å². The number of fused-ring (bicyclic) bond motifs is 1. The summed E-state index contributed by atoms with van der Waals surface area (Å²) in [4.78, 5) is 37.1. The van der Waals surface area contributed by atoms with Crippen LogP contribution >= 0.6 is 0 Å². The molecule has 0 aromatic heterocycles. The number of rotatable bonds is 5. The standard InChI is InChI=1S/C19H18N2O4/c1-21-18(23)14-9-8-13(11-15(14)19(21)24)20-17(22)10-7-12-5-3-4-6-16(12)25-2/h3-6,8-9,11H,7,10H2,1-2H3,(H,20,22). The summed E-state index contributed by atoms with van der Waals surface area (Å²) in [7, 11) is 3.04. The van der Waals surface area contributed by atoms with Crippen LogP contribution in [0.4, 0.5) is 5.69 Å². The molecule has 0 unspecified atom stereocenters. The van der Waals surface area contributed by atoms with Gasteiger partial charge in [-0.05, 0) is 36.2 Å². The predicted octanol–water partition coefficient (Wildman–Crippen LogP) is 2.49. The number of carbonyl (C=O) groups excluding carboxylic acids is 3. The SMILES string of the molecule is COc1ccccc1CCC(=O)Nc1ccc2c(c1)C(=O)N(C)C2=O. The van der Waals surface area contributed by atoms with E-state index in [4.69, 9.17) is 4.74 Å². The van der Waals surface area contributed by atoms with Gasteiger partial charge in [0.25, 0.3) is 11.8 Å². The summed E-state index contributed by atoms with van der Waals surface area (Å²) in [6.45, 7) is 0. The summed E-state index contributed by atoms with van der Waals surface area (Å²) in [5, 5.41) is 2.77. The highest BCUT2D eigenvalue weighted by molar-refractivity contribution is 6.21. The molecule has 2 aromatic carbocycles. The molecule has 1 aliphatic heterocycles. The summed E-state index contributed by atoms with van der Waals surface area (Å²) in [5.74, 6) is -0.102. The van der Waals surface area contributed by atoms with E-state index in [1.54, 1.807) is 25.3 Å². The molecule has 6 nitrogen and oxygen atoms in total. The van der Waals surface area contributed by atoms with Gasteiger partial charge >= 0.3 is 0 Å². The number of imide groups is 1. The lowest BCUT2D eigenvalue weighted by Gasteiger charge is -2.09. The molecule has 1 aliphatic rings. The molecule has 0 radical (unpaired) electrons. The van der Waals surface area contributed by atoms with Crippen LogP contribution in [0.1, 0.15) is 32.7 Å². The van der Waals surface area contributed by atoms with Gasteiger partial charge in [-0.1, -0.05) is 18.2 Å². The van der Waals surface area contributed by atoms with E-state index < -0.39 is 0 Å². The second-order valence-corrected chi connectivity index (χ2v) is 5.79. The van der Waals surface area contributed by atoms with Crippen LogP contribution in [0.5, 0.6) is 5.75 Å². The number of ether oxygens (including phenoxy) is 1. The third-order valence-corrected chi connectivity index (χ3v) is 4.19. The van der Waals surface area contributed by atoms with Crippen molar-refractivity contribution in [1.29, 1.82) is 0 Å². The van der Waals surface area contributed by atoms with Crippen molar-refractivity contribution in [3.8, 4) is 5.75 Å². The fourth-order valence-corrected chi connectivity index (χ4v) is 2.82. The Balaban J connectivity index is 1.66. The lowest BCUT2D eigenvalue weighted by atomic mass is 10.1. The molecule has 128 valence electrons. The topological polar surface area (TPSA) is 75.7 Å². The second-order valence-electron chi connectivity index (χ2n) is 5.79. The van der Waals surface area contributed by atoms with Gasteiger partial charge in [-0.15, -0.1) is 0 Å². The maximum Gasteiger partial charge on any atom is 0.261 e. The number of carbonyl (C=O) groups is 3. The van der Waals surface area contributed by atoms with Crippen LogP contribution in [0, 0.1) is 0 Å². The Bertz CT molecular complexity index is 860. The van der Waals surface area contributed by atoms with Crippen molar-refractivity contribution in [2.75, 3.05) is 19.5 Å². The van der Waals surface area contributed by atoms with Crippen molar-refractivity contribution in [3.05, 3.63) is 59.2 Å². The number of methoxy groups -OCH3 is 1. The van der Waals surface area contributed by atoms with E-state index in [1.807, 2.05) is 24.3 Å². The summed E-state index contributed by atoms with van der Waals surface area (Å²) in [6, 6.07) is 12.3. The number of anilines is 1. The molecule has 6 heteroatoms. The lowest BCUT2D eigenvalue weighted by Crippen LogP contribution is -2.24. The quantitative estimate of drug-likeness (QED) is 0.850. The van der Waals surface area contributed by atoms with Crippen molar-refractivity contribution >= 4 is 23.4 Å². The largest absolute Gasteiger partial charge is 0.496 e. The number of benzene rings is 2. The van der Waals surface area contributed by atoms with Gasteiger partial charge < -0.3 is 10.1 Å². The van der Waals surface area contributed by atoms with Crippen molar-refractivity contribution in [1.82, 2.24) is 4.90 Å². The van der Waals surface area contributed by atoms with Crippen LogP contribution in [-0.2, 0) is 11.2 Å². The zero-order chi connectivity index (χ0) is 18.0. The van der Waals surface area contributed by atoms with Crippen molar-refractivity contribution in [2.45, 2.75) is 12.8 Å². The minimum Gasteiger partial charge on any atom is -0.496 e. The normalized spacial score (nSPS) is 13.0. The molecule has 1 heterocycles. The molecule has 3 amide bonds. The Morgan fingerprint density at radius 1 is 1.08 bits per heavy atom. The first-order valence-corrected chi connectivity index (χ1v) is 7.89. The third kappa shape index (κ3) is 3.24. The van der Waals surface area contributed by atoms with Crippen LogP contribution in [0.3, 0.4) is 0 Å². The van der Waals surface area contributed by atoms with Gasteiger partial charge in [-0.25, -0.2) is 0 Å². The molecule has 0 aliphatic carbocycles. The summed E-state index contributed by atoms with van der Waals surface area (Å²) >= 11 is 0. The number of hydrogen-bond donors (Lipinski definition) is 1. The Morgan fingerprint density at radius 3 is 2.56 bits per heavy atom. The minimum atomic E-state index is -0.356. The fraction of sp³-hybridized carbons (Fsp3) is 0.211. The van der Waals surface area contributed by atoms with Crippen LogP contribution in [0.2, 0.25) is 0 Å². The highest BCUT2D eigenvalue weighted by Crippen LogP contribution is 2.25. The Hall–Kier alpha value is -3.15. The molecular weight excluding hydrogens is 320 g/mol. The number of nitrogens with zero attached hydrogens (tertiary/aromatic N) is 1. The van der Waals surface area contributed by atoms with E-state index in [-0.39, 0.29) is 24.1 Å². The maximum absolute atomic E-state index is 12.2. The molecule has 0 fully saturated rings. The molecule has 2 aromatic rings. The average molecular weight is 338 g/mol. The number of amides is 3. The molecule has 0 atom stereocenters. The Labute approximate surface area is 145 Å². The third-order valence-electron chi connectivity index (χ3n) is 4.19. The van der Waals surface area contributed by atoms with Crippen LogP contribution in [0.25, 0.3) is 0 Å². The summed E-state index contributed by atoms with van der Waals surface area (Å²) in [6.07, 6.45) is 0.825. The van der Waals surface area contributed by atoms with Gasteiger partial charge in [0.2, 0.25) is 5.91 Å². The number of aryl methyl sites for hydroxylation is 1. The zero-order valence-electron chi connectivity index (χ0n) is 14.0. The molecule has 3 rings (SSSR count). The average Bonchev–Trinajstić information content (AvgIpc) is 2.84. The Morgan fingerprint density at radius 2 is 1.80 bits per heavy atom. The van der Waals surface area contributed by atoms with Gasteiger partial charge in [0.05, 0.1) is 18.2 Å². The smallest absolute Gasteiger partial charge is 0.261 e. The minimum absolute atomic E-state index is 0.170. The number of hydrogen-bond acceptors (Lipinski definition) is 4. The van der Waals surface area contributed by atoms with Gasteiger partial charge in [0, 0.05) is 19.2 Å². The maximum atomic E-state index is 12.2. The van der Waals surface area contributed by atoms with Crippen molar-refractivity contribution < 1.29 is 19.1 Å². The van der Waals surface area contributed by atoms with Crippen molar-refractivity contribution in [3.63, 3.8) is 0 Å². The van der Waals surface area contributed by atoms with E-state index in [0.717, 1.165) is 16.2 Å². The summed E-state index contributed by atoms with van der Waals surface area (Å²) < 4.78 is 5.27. The lowest BCUT2D eigenvalue weighted by molar-refractivity contribution is -0.116. The van der Waals surface area contributed by atoms with Gasteiger partial charge in [0.1, 0.15) is 5.75 Å². The Kier molecular flexibility index (Phi) is 4.52. The van der Waals surface area contributed by atoms with Gasteiger partial charge in [-0.3, -0.25) is 19.3 Å². The first-order valence-electron chi connectivity index (χ1n) is 7.89. The second kappa shape index (κ2) is 6.76. The predicted molar refractivity (Wildman–Crippen MR) is 92.8 cm³/mol. The van der Waals surface area contributed by atoms with Gasteiger partial charge in [0.15, 0.2) is 0 Å². The highest BCUT2D eigenvalue weighted by atomic mass is 16.5. The van der Waals surface area contributed by atoms with E-state index in [9.17, 15) is 14.4 Å². The summed E-state index contributed by atoms with van der Waals surface area (Å²) in [5.41, 5.74) is 2.13. The molecule has 0 bridgehead atoms. The first kappa shape index (κ1) is 16.7. The van der Waals surface area contributed by atoms with Crippen LogP contribution < -0.4 is 10.1 Å². The van der Waals surface area contributed by atoms with E-state index in [1.165, 1.54) is 7.05 Å².